The average Bonchev–Trinajstić information content (AvgIpc) is 2.71. The van der Waals surface area contributed by atoms with Gasteiger partial charge in [0.1, 0.15) is 17.0 Å². The molecule has 0 saturated heterocycles. The van der Waals surface area contributed by atoms with Crippen LogP contribution in [-0.4, -0.2) is 19.7 Å². The molecule has 0 atom stereocenters. The second kappa shape index (κ2) is 4.62. The number of nitrogens with zero attached hydrogens (tertiary/aromatic N) is 4. The number of halogens is 1. The largest absolute Gasteiger partial charge is 0.438 e. The monoisotopic (exact) mass is 318 g/mol. The predicted octanol–water partition coefficient (Wildman–Crippen LogP) is 3.23. The molecule has 96 valence electrons. The third kappa shape index (κ3) is 2.31. The van der Waals surface area contributed by atoms with E-state index in [0.717, 1.165) is 21.3 Å². The van der Waals surface area contributed by atoms with Crippen molar-refractivity contribution in [1.82, 2.24) is 19.7 Å². The third-order valence-electron chi connectivity index (χ3n) is 2.68. The standard InChI is InChI=1S/C13H11BrN4O/c1-8-16-12-11(7-15-18(12)2)13(17-8)19-10-5-3-4-9(14)6-10/h3-7H,1-2H3. The van der Waals surface area contributed by atoms with E-state index in [1.807, 2.05) is 38.2 Å². The number of aromatic nitrogens is 4. The van der Waals surface area contributed by atoms with Gasteiger partial charge in [-0.2, -0.15) is 10.1 Å². The van der Waals surface area contributed by atoms with Crippen molar-refractivity contribution in [2.75, 3.05) is 0 Å². The van der Waals surface area contributed by atoms with Crippen LogP contribution in [0, 0.1) is 6.92 Å². The number of fused-ring (bicyclic) bond motifs is 1. The molecule has 0 N–H and O–H groups in total. The molecule has 0 amide bonds. The van der Waals surface area contributed by atoms with Crippen molar-refractivity contribution >= 4 is 27.0 Å². The van der Waals surface area contributed by atoms with Crippen LogP contribution in [-0.2, 0) is 7.05 Å². The molecule has 3 rings (SSSR count). The minimum atomic E-state index is 0.522. The van der Waals surface area contributed by atoms with E-state index in [1.54, 1.807) is 10.9 Å². The molecule has 0 aliphatic carbocycles. The predicted molar refractivity (Wildman–Crippen MR) is 75.3 cm³/mol. The van der Waals surface area contributed by atoms with E-state index in [0.29, 0.717) is 11.7 Å². The number of hydrogen-bond donors (Lipinski definition) is 0. The van der Waals surface area contributed by atoms with E-state index in [4.69, 9.17) is 4.74 Å². The first-order valence-corrected chi connectivity index (χ1v) is 6.52. The molecule has 1 aromatic carbocycles. The van der Waals surface area contributed by atoms with Crippen molar-refractivity contribution in [2.24, 2.45) is 7.05 Å². The maximum absolute atomic E-state index is 5.83. The Labute approximate surface area is 118 Å². The number of aryl methyl sites for hydroxylation is 2. The first-order chi connectivity index (χ1) is 9.13. The van der Waals surface area contributed by atoms with Crippen LogP contribution in [0.4, 0.5) is 0 Å². The molecule has 0 bridgehead atoms. The SMILES string of the molecule is Cc1nc(Oc2cccc(Br)c2)c2cnn(C)c2n1. The summed E-state index contributed by atoms with van der Waals surface area (Å²) in [6.07, 6.45) is 1.71. The topological polar surface area (TPSA) is 52.8 Å². The van der Waals surface area contributed by atoms with Crippen molar-refractivity contribution in [2.45, 2.75) is 6.92 Å². The van der Waals surface area contributed by atoms with Gasteiger partial charge >= 0.3 is 0 Å². The second-order valence-electron chi connectivity index (χ2n) is 4.14. The molecule has 2 aromatic heterocycles. The lowest BCUT2D eigenvalue weighted by Gasteiger charge is -2.06. The summed E-state index contributed by atoms with van der Waals surface area (Å²) in [4.78, 5) is 8.69. The Morgan fingerprint density at radius 3 is 2.89 bits per heavy atom. The maximum Gasteiger partial charge on any atom is 0.233 e. The minimum Gasteiger partial charge on any atom is -0.438 e. The van der Waals surface area contributed by atoms with Crippen molar-refractivity contribution < 1.29 is 4.74 Å². The molecule has 2 heterocycles. The summed E-state index contributed by atoms with van der Waals surface area (Å²) in [6.45, 7) is 1.83. The highest BCUT2D eigenvalue weighted by molar-refractivity contribution is 9.10. The molecule has 5 nitrogen and oxygen atoms in total. The second-order valence-corrected chi connectivity index (χ2v) is 5.06. The normalized spacial score (nSPS) is 10.9. The molecule has 6 heteroatoms. The van der Waals surface area contributed by atoms with Crippen LogP contribution >= 0.6 is 15.9 Å². The van der Waals surface area contributed by atoms with Gasteiger partial charge in [0, 0.05) is 11.5 Å². The lowest BCUT2D eigenvalue weighted by atomic mass is 10.3. The van der Waals surface area contributed by atoms with Crippen LogP contribution in [0.2, 0.25) is 0 Å². The lowest BCUT2D eigenvalue weighted by Crippen LogP contribution is -1.97. The molecule has 0 spiro atoms. The maximum atomic E-state index is 5.83. The number of ether oxygens (including phenoxy) is 1. The van der Waals surface area contributed by atoms with Crippen LogP contribution in [0.5, 0.6) is 11.6 Å². The van der Waals surface area contributed by atoms with Crippen LogP contribution in [0.15, 0.2) is 34.9 Å². The van der Waals surface area contributed by atoms with Crippen LogP contribution < -0.4 is 4.74 Å². The molecule has 19 heavy (non-hydrogen) atoms. The van der Waals surface area contributed by atoms with Crippen molar-refractivity contribution in [3.8, 4) is 11.6 Å². The van der Waals surface area contributed by atoms with Gasteiger partial charge in [0.2, 0.25) is 5.88 Å². The quantitative estimate of drug-likeness (QED) is 0.728. The van der Waals surface area contributed by atoms with Crippen LogP contribution in [0.1, 0.15) is 5.82 Å². The molecule has 0 radical (unpaired) electrons. The van der Waals surface area contributed by atoms with E-state index in [-0.39, 0.29) is 0 Å². The Kier molecular flexibility index (Phi) is 2.94. The van der Waals surface area contributed by atoms with E-state index >= 15 is 0 Å². The molecule has 0 saturated carbocycles. The number of hydrogen-bond acceptors (Lipinski definition) is 4. The highest BCUT2D eigenvalue weighted by Gasteiger charge is 2.11. The van der Waals surface area contributed by atoms with Crippen molar-refractivity contribution in [3.05, 3.63) is 40.8 Å². The fourth-order valence-corrected chi connectivity index (χ4v) is 2.20. The van der Waals surface area contributed by atoms with Gasteiger partial charge in [-0.3, -0.25) is 4.68 Å². The lowest BCUT2D eigenvalue weighted by molar-refractivity contribution is 0.466. The molecule has 0 fully saturated rings. The molecule has 3 aromatic rings. The fraction of sp³-hybridized carbons (Fsp3) is 0.154. The Hall–Kier alpha value is -1.95. The summed E-state index contributed by atoms with van der Waals surface area (Å²) >= 11 is 3.41. The summed E-state index contributed by atoms with van der Waals surface area (Å²) < 4.78 is 8.49. The summed E-state index contributed by atoms with van der Waals surface area (Å²) in [5, 5.41) is 4.98. The van der Waals surface area contributed by atoms with E-state index < -0.39 is 0 Å². The average molecular weight is 319 g/mol. The summed E-state index contributed by atoms with van der Waals surface area (Å²) in [5.41, 5.74) is 0.762. The van der Waals surface area contributed by atoms with Gasteiger partial charge in [0.05, 0.1) is 6.20 Å². The Morgan fingerprint density at radius 1 is 1.26 bits per heavy atom. The Morgan fingerprint density at radius 2 is 2.11 bits per heavy atom. The summed E-state index contributed by atoms with van der Waals surface area (Å²) in [5.74, 6) is 1.90. The number of benzene rings is 1. The van der Waals surface area contributed by atoms with E-state index in [2.05, 4.69) is 31.0 Å². The van der Waals surface area contributed by atoms with Crippen LogP contribution in [0.3, 0.4) is 0 Å². The van der Waals surface area contributed by atoms with Gasteiger partial charge in [-0.25, -0.2) is 4.98 Å². The summed E-state index contributed by atoms with van der Waals surface area (Å²) in [6, 6.07) is 7.62. The highest BCUT2D eigenvalue weighted by Crippen LogP contribution is 2.28. The number of rotatable bonds is 2. The summed E-state index contributed by atoms with van der Waals surface area (Å²) in [7, 11) is 1.84. The van der Waals surface area contributed by atoms with Gasteiger partial charge in [0.25, 0.3) is 0 Å². The molecular formula is C13H11BrN4O. The van der Waals surface area contributed by atoms with Gasteiger partial charge in [-0.1, -0.05) is 22.0 Å². The zero-order valence-corrected chi connectivity index (χ0v) is 12.0. The van der Waals surface area contributed by atoms with Gasteiger partial charge in [-0.15, -0.1) is 0 Å². The first kappa shape index (κ1) is 12.1. The Bertz CT molecular complexity index is 753. The van der Waals surface area contributed by atoms with Crippen LogP contribution in [0.25, 0.3) is 11.0 Å². The molecular weight excluding hydrogens is 308 g/mol. The van der Waals surface area contributed by atoms with Crippen molar-refractivity contribution in [3.63, 3.8) is 0 Å². The van der Waals surface area contributed by atoms with Crippen molar-refractivity contribution in [1.29, 1.82) is 0 Å². The van der Waals surface area contributed by atoms with Gasteiger partial charge in [0.15, 0.2) is 5.65 Å². The smallest absolute Gasteiger partial charge is 0.233 e. The highest BCUT2D eigenvalue weighted by atomic mass is 79.9. The zero-order valence-electron chi connectivity index (χ0n) is 10.5. The van der Waals surface area contributed by atoms with Gasteiger partial charge < -0.3 is 4.74 Å². The molecule has 0 unspecified atom stereocenters. The zero-order chi connectivity index (χ0) is 13.4. The third-order valence-corrected chi connectivity index (χ3v) is 3.17. The molecule has 0 aliphatic rings. The first-order valence-electron chi connectivity index (χ1n) is 5.73. The fourth-order valence-electron chi connectivity index (χ4n) is 1.82. The van der Waals surface area contributed by atoms with Gasteiger partial charge in [-0.05, 0) is 25.1 Å². The minimum absolute atomic E-state index is 0.522. The van der Waals surface area contributed by atoms with E-state index in [1.165, 1.54) is 0 Å². The molecule has 0 aliphatic heterocycles. The van der Waals surface area contributed by atoms with E-state index in [9.17, 15) is 0 Å². The Balaban J connectivity index is 2.10.